The van der Waals surface area contributed by atoms with E-state index in [9.17, 15) is 26.7 Å². The van der Waals surface area contributed by atoms with Crippen LogP contribution < -0.4 is 5.32 Å². The smallest absolute Gasteiger partial charge is 0.346 e. The molecule has 0 saturated heterocycles. The summed E-state index contributed by atoms with van der Waals surface area (Å²) in [6, 6.07) is 2.68. The summed E-state index contributed by atoms with van der Waals surface area (Å²) in [5.74, 6) is -0.959. The minimum absolute atomic E-state index is 0.199. The van der Waals surface area contributed by atoms with Crippen molar-refractivity contribution in [2.24, 2.45) is 0 Å². The van der Waals surface area contributed by atoms with Crippen molar-refractivity contribution in [1.82, 2.24) is 5.32 Å². The van der Waals surface area contributed by atoms with E-state index in [0.29, 0.717) is 6.07 Å². The Morgan fingerprint density at radius 1 is 1.28 bits per heavy atom. The Labute approximate surface area is 113 Å². The Morgan fingerprint density at radius 2 is 1.89 bits per heavy atom. The Kier molecular flexibility index (Phi) is 4.88. The summed E-state index contributed by atoms with van der Waals surface area (Å²) >= 11 is 1.62. The molecular weight excluding hydrogens is 372 g/mol. The highest BCUT2D eigenvalue weighted by Crippen LogP contribution is 2.31. The third kappa shape index (κ3) is 4.39. The quantitative estimate of drug-likeness (QED) is 0.634. The summed E-state index contributed by atoms with van der Waals surface area (Å²) in [5, 5.41) is 1.84. The summed E-state index contributed by atoms with van der Waals surface area (Å²) in [7, 11) is 0. The fourth-order valence-corrected chi connectivity index (χ4v) is 1.83. The first kappa shape index (κ1) is 15.1. The lowest BCUT2D eigenvalue weighted by molar-refractivity contribution is -0.137. The standard InChI is InChI=1S/C10H7F5INO/c11-8(12)4-17-9(18)5-1-6(10(13,14)15)3-7(16)2-5/h1-3,8H,4H2,(H,17,18). The van der Waals surface area contributed by atoms with E-state index >= 15 is 0 Å². The van der Waals surface area contributed by atoms with E-state index in [2.05, 4.69) is 0 Å². The van der Waals surface area contributed by atoms with Gasteiger partial charge in [0, 0.05) is 9.13 Å². The van der Waals surface area contributed by atoms with E-state index in [1.54, 1.807) is 22.6 Å². The van der Waals surface area contributed by atoms with E-state index in [1.807, 2.05) is 5.32 Å². The topological polar surface area (TPSA) is 29.1 Å². The van der Waals surface area contributed by atoms with Gasteiger partial charge >= 0.3 is 6.18 Å². The lowest BCUT2D eigenvalue weighted by Crippen LogP contribution is -2.28. The molecule has 0 atom stereocenters. The lowest BCUT2D eigenvalue weighted by atomic mass is 10.1. The molecule has 0 aliphatic carbocycles. The monoisotopic (exact) mass is 379 g/mol. The molecule has 0 aliphatic rings. The van der Waals surface area contributed by atoms with Gasteiger partial charge in [-0.05, 0) is 40.8 Å². The number of hydrogen-bond acceptors (Lipinski definition) is 1. The lowest BCUT2D eigenvalue weighted by Gasteiger charge is -2.10. The van der Waals surface area contributed by atoms with Crippen molar-refractivity contribution in [2.45, 2.75) is 12.6 Å². The number of amides is 1. The Morgan fingerprint density at radius 3 is 2.39 bits per heavy atom. The van der Waals surface area contributed by atoms with E-state index in [4.69, 9.17) is 0 Å². The first-order valence-electron chi connectivity index (χ1n) is 4.64. The van der Waals surface area contributed by atoms with Gasteiger partial charge in [0.2, 0.25) is 0 Å². The van der Waals surface area contributed by atoms with Crippen molar-refractivity contribution in [3.05, 3.63) is 32.9 Å². The molecular formula is C10H7F5INO. The van der Waals surface area contributed by atoms with Gasteiger partial charge in [0.05, 0.1) is 12.1 Å². The molecule has 0 aliphatic heterocycles. The number of halogens is 6. The second-order valence-corrected chi connectivity index (χ2v) is 4.57. The normalized spacial score (nSPS) is 11.7. The highest BCUT2D eigenvalue weighted by molar-refractivity contribution is 14.1. The van der Waals surface area contributed by atoms with Gasteiger partial charge in [-0.1, -0.05) is 0 Å². The molecule has 0 bridgehead atoms. The second-order valence-electron chi connectivity index (χ2n) is 3.33. The van der Waals surface area contributed by atoms with Crippen LogP contribution >= 0.6 is 22.6 Å². The third-order valence-corrected chi connectivity index (χ3v) is 2.53. The van der Waals surface area contributed by atoms with Crippen molar-refractivity contribution in [3.63, 3.8) is 0 Å². The van der Waals surface area contributed by atoms with Crippen molar-refractivity contribution < 1.29 is 26.7 Å². The zero-order valence-corrected chi connectivity index (χ0v) is 10.9. The Hall–Kier alpha value is -0.930. The van der Waals surface area contributed by atoms with Gasteiger partial charge in [0.15, 0.2) is 0 Å². The van der Waals surface area contributed by atoms with Crippen molar-refractivity contribution in [1.29, 1.82) is 0 Å². The molecule has 0 radical (unpaired) electrons. The molecule has 1 aromatic rings. The molecule has 0 spiro atoms. The van der Waals surface area contributed by atoms with Crippen LogP contribution in [-0.2, 0) is 6.18 Å². The van der Waals surface area contributed by atoms with Gasteiger partial charge in [0.1, 0.15) is 0 Å². The second kappa shape index (κ2) is 5.81. The number of benzene rings is 1. The van der Waals surface area contributed by atoms with Crippen LogP contribution in [0, 0.1) is 3.57 Å². The molecule has 100 valence electrons. The molecule has 0 saturated carbocycles. The highest BCUT2D eigenvalue weighted by atomic mass is 127. The van der Waals surface area contributed by atoms with E-state index in [-0.39, 0.29) is 9.13 Å². The largest absolute Gasteiger partial charge is 0.416 e. The molecule has 0 unspecified atom stereocenters. The molecule has 0 aromatic heterocycles. The first-order valence-corrected chi connectivity index (χ1v) is 5.72. The van der Waals surface area contributed by atoms with Crippen molar-refractivity contribution in [3.8, 4) is 0 Å². The van der Waals surface area contributed by atoms with Crippen LogP contribution in [0.5, 0.6) is 0 Å². The Balaban J connectivity index is 2.96. The number of carbonyl (C=O) groups excluding carboxylic acids is 1. The number of carbonyl (C=O) groups is 1. The minimum Gasteiger partial charge on any atom is -0.346 e. The van der Waals surface area contributed by atoms with Crippen LogP contribution in [0.15, 0.2) is 18.2 Å². The van der Waals surface area contributed by atoms with Crippen LogP contribution in [0.1, 0.15) is 15.9 Å². The minimum atomic E-state index is -4.58. The fourth-order valence-electron chi connectivity index (χ4n) is 1.16. The molecule has 2 nitrogen and oxygen atoms in total. The van der Waals surface area contributed by atoms with Crippen LogP contribution in [0.4, 0.5) is 22.0 Å². The summed E-state index contributed by atoms with van der Waals surface area (Å²) in [6.07, 6.45) is -7.34. The van der Waals surface area contributed by atoms with E-state index in [1.165, 1.54) is 6.07 Å². The molecule has 1 rings (SSSR count). The Bertz CT molecular complexity index is 446. The molecule has 8 heteroatoms. The maximum atomic E-state index is 12.5. The average molecular weight is 379 g/mol. The number of nitrogens with one attached hydrogen (secondary N) is 1. The molecule has 1 amide bonds. The molecule has 0 fully saturated rings. The highest BCUT2D eigenvalue weighted by Gasteiger charge is 2.31. The molecule has 1 aromatic carbocycles. The zero-order chi connectivity index (χ0) is 13.9. The van der Waals surface area contributed by atoms with Gasteiger partial charge < -0.3 is 5.32 Å². The van der Waals surface area contributed by atoms with Crippen LogP contribution in [0.2, 0.25) is 0 Å². The predicted molar refractivity (Wildman–Crippen MR) is 62.5 cm³/mol. The zero-order valence-electron chi connectivity index (χ0n) is 8.69. The average Bonchev–Trinajstić information content (AvgIpc) is 2.23. The molecule has 0 heterocycles. The summed E-state index contributed by atoms with van der Waals surface area (Å²) in [4.78, 5) is 11.4. The summed E-state index contributed by atoms with van der Waals surface area (Å²) < 4.78 is 61.3. The fraction of sp³-hybridized carbons (Fsp3) is 0.300. The van der Waals surface area contributed by atoms with Crippen molar-refractivity contribution in [2.75, 3.05) is 6.54 Å². The molecule has 1 N–H and O–H groups in total. The van der Waals surface area contributed by atoms with Gasteiger partial charge in [-0.2, -0.15) is 13.2 Å². The first-order chi connectivity index (χ1) is 8.20. The van der Waals surface area contributed by atoms with Gasteiger partial charge in [-0.15, -0.1) is 0 Å². The van der Waals surface area contributed by atoms with E-state index in [0.717, 1.165) is 6.07 Å². The van der Waals surface area contributed by atoms with E-state index < -0.39 is 30.6 Å². The van der Waals surface area contributed by atoms with Crippen LogP contribution in [0.3, 0.4) is 0 Å². The maximum Gasteiger partial charge on any atom is 0.416 e. The van der Waals surface area contributed by atoms with Crippen LogP contribution in [0.25, 0.3) is 0 Å². The van der Waals surface area contributed by atoms with Gasteiger partial charge in [-0.3, -0.25) is 4.79 Å². The predicted octanol–water partition coefficient (Wildman–Crippen LogP) is 3.30. The van der Waals surface area contributed by atoms with Gasteiger partial charge in [-0.25, -0.2) is 8.78 Å². The maximum absolute atomic E-state index is 12.5. The third-order valence-electron chi connectivity index (χ3n) is 1.90. The summed E-state index contributed by atoms with van der Waals surface area (Å²) in [6.45, 7) is -0.897. The molecule has 18 heavy (non-hydrogen) atoms. The van der Waals surface area contributed by atoms with Crippen molar-refractivity contribution >= 4 is 28.5 Å². The van der Waals surface area contributed by atoms with Gasteiger partial charge in [0.25, 0.3) is 12.3 Å². The number of alkyl halides is 5. The number of hydrogen-bond donors (Lipinski definition) is 1. The summed E-state index contributed by atoms with van der Waals surface area (Å²) in [5.41, 5.74) is -1.29. The van der Waals surface area contributed by atoms with Crippen LogP contribution in [-0.4, -0.2) is 18.9 Å². The SMILES string of the molecule is O=C(NCC(F)F)c1cc(I)cc(C(F)(F)F)c1. The number of rotatable bonds is 3.